The van der Waals surface area contributed by atoms with Gasteiger partial charge in [-0.1, -0.05) is 32.0 Å². The summed E-state index contributed by atoms with van der Waals surface area (Å²) in [6, 6.07) is 8.78. The molecule has 1 saturated carbocycles. The fourth-order valence-corrected chi connectivity index (χ4v) is 2.77. The van der Waals surface area contributed by atoms with Crippen molar-refractivity contribution in [2.24, 2.45) is 11.7 Å². The Morgan fingerprint density at radius 2 is 2.06 bits per heavy atom. The highest BCUT2D eigenvalue weighted by molar-refractivity contribution is 5.37. The third kappa shape index (κ3) is 2.63. The number of hydrogen-bond donors (Lipinski definition) is 1. The Kier molecular flexibility index (Phi) is 4.06. The zero-order valence-electron chi connectivity index (χ0n) is 10.9. The highest BCUT2D eigenvalue weighted by Gasteiger charge is 2.32. The van der Waals surface area contributed by atoms with Crippen LogP contribution in [0.25, 0.3) is 0 Å². The predicted octanol–water partition coefficient (Wildman–Crippen LogP) is 3.32. The molecule has 2 N–H and O–H groups in total. The Labute approximate surface area is 104 Å². The van der Waals surface area contributed by atoms with Crippen molar-refractivity contribution in [2.45, 2.75) is 45.1 Å². The third-order valence-electron chi connectivity index (χ3n) is 3.90. The normalized spacial score (nSPS) is 28.3. The lowest BCUT2D eigenvalue weighted by molar-refractivity contribution is 0.309. The maximum absolute atomic E-state index is 6.12. The summed E-state index contributed by atoms with van der Waals surface area (Å²) in [5.74, 6) is 2.18. The summed E-state index contributed by atoms with van der Waals surface area (Å²) in [4.78, 5) is 0. The van der Waals surface area contributed by atoms with Gasteiger partial charge in [-0.05, 0) is 42.7 Å². The van der Waals surface area contributed by atoms with Crippen molar-refractivity contribution < 1.29 is 4.74 Å². The van der Waals surface area contributed by atoms with Crippen LogP contribution in [0, 0.1) is 5.92 Å². The first-order valence-corrected chi connectivity index (χ1v) is 6.71. The van der Waals surface area contributed by atoms with Gasteiger partial charge >= 0.3 is 0 Å². The second-order valence-electron chi connectivity index (χ2n) is 5.09. The molecule has 0 aliphatic heterocycles. The minimum Gasteiger partial charge on any atom is -0.493 e. The van der Waals surface area contributed by atoms with Crippen molar-refractivity contribution in [1.82, 2.24) is 0 Å². The molecule has 17 heavy (non-hydrogen) atoms. The van der Waals surface area contributed by atoms with Crippen LogP contribution >= 0.6 is 0 Å². The van der Waals surface area contributed by atoms with Crippen LogP contribution in [0.3, 0.4) is 0 Å². The molecule has 2 nitrogen and oxygen atoms in total. The van der Waals surface area contributed by atoms with Gasteiger partial charge in [0.2, 0.25) is 0 Å². The summed E-state index contributed by atoms with van der Waals surface area (Å²) < 4.78 is 5.84. The largest absolute Gasteiger partial charge is 0.493 e. The minimum atomic E-state index is 0.347. The Balaban J connectivity index is 2.19. The van der Waals surface area contributed by atoms with Crippen LogP contribution in [0.4, 0.5) is 0 Å². The van der Waals surface area contributed by atoms with E-state index < -0.39 is 0 Å². The van der Waals surface area contributed by atoms with E-state index in [0.717, 1.165) is 25.2 Å². The lowest BCUT2D eigenvalue weighted by atomic mass is 9.88. The highest BCUT2D eigenvalue weighted by Crippen LogP contribution is 2.42. The van der Waals surface area contributed by atoms with Crippen molar-refractivity contribution in [2.75, 3.05) is 6.61 Å². The molecule has 0 saturated heterocycles. The molecule has 0 radical (unpaired) electrons. The van der Waals surface area contributed by atoms with Crippen molar-refractivity contribution in [3.05, 3.63) is 29.8 Å². The van der Waals surface area contributed by atoms with E-state index in [9.17, 15) is 0 Å². The number of para-hydroxylation sites is 1. The molecular formula is C15H23NO. The van der Waals surface area contributed by atoms with E-state index >= 15 is 0 Å². The second kappa shape index (κ2) is 5.54. The van der Waals surface area contributed by atoms with Crippen LogP contribution in [0.5, 0.6) is 5.75 Å². The van der Waals surface area contributed by atoms with Gasteiger partial charge in [0.1, 0.15) is 5.75 Å². The molecule has 2 rings (SSSR count). The van der Waals surface area contributed by atoms with Gasteiger partial charge in [0.15, 0.2) is 0 Å². The second-order valence-corrected chi connectivity index (χ2v) is 5.09. The van der Waals surface area contributed by atoms with E-state index in [-0.39, 0.29) is 0 Å². The van der Waals surface area contributed by atoms with E-state index in [1.165, 1.54) is 12.0 Å². The van der Waals surface area contributed by atoms with Gasteiger partial charge in [-0.2, -0.15) is 0 Å². The Morgan fingerprint density at radius 3 is 2.71 bits per heavy atom. The molecule has 0 amide bonds. The van der Waals surface area contributed by atoms with E-state index in [2.05, 4.69) is 32.0 Å². The summed E-state index contributed by atoms with van der Waals surface area (Å²) in [5.41, 5.74) is 7.46. The SMILES string of the molecule is CCCOc1ccccc1C1CCC(N)C1C. The van der Waals surface area contributed by atoms with Gasteiger partial charge in [0, 0.05) is 6.04 Å². The van der Waals surface area contributed by atoms with Crippen LogP contribution in [0.15, 0.2) is 24.3 Å². The summed E-state index contributed by atoms with van der Waals surface area (Å²) in [5, 5.41) is 0. The Morgan fingerprint density at radius 1 is 1.29 bits per heavy atom. The van der Waals surface area contributed by atoms with E-state index in [4.69, 9.17) is 10.5 Å². The molecule has 3 unspecified atom stereocenters. The van der Waals surface area contributed by atoms with Crippen molar-refractivity contribution in [1.29, 1.82) is 0 Å². The van der Waals surface area contributed by atoms with E-state index in [1.807, 2.05) is 6.07 Å². The zero-order valence-corrected chi connectivity index (χ0v) is 10.9. The van der Waals surface area contributed by atoms with Crippen LogP contribution in [0.1, 0.15) is 44.6 Å². The van der Waals surface area contributed by atoms with E-state index in [0.29, 0.717) is 17.9 Å². The summed E-state index contributed by atoms with van der Waals surface area (Å²) in [6.45, 7) is 5.19. The standard InChI is InChI=1S/C15H23NO/c1-3-10-17-15-7-5-4-6-13(15)12-8-9-14(16)11(12)2/h4-7,11-12,14H,3,8-10,16H2,1-2H3. The first-order valence-electron chi connectivity index (χ1n) is 6.71. The number of hydrogen-bond acceptors (Lipinski definition) is 2. The van der Waals surface area contributed by atoms with Gasteiger partial charge in [0.05, 0.1) is 6.61 Å². The minimum absolute atomic E-state index is 0.347. The Bertz CT molecular complexity index is 364. The fourth-order valence-electron chi connectivity index (χ4n) is 2.77. The smallest absolute Gasteiger partial charge is 0.122 e. The maximum Gasteiger partial charge on any atom is 0.122 e. The molecule has 0 bridgehead atoms. The van der Waals surface area contributed by atoms with Crippen molar-refractivity contribution in [3.63, 3.8) is 0 Å². The van der Waals surface area contributed by atoms with Crippen LogP contribution in [0.2, 0.25) is 0 Å². The van der Waals surface area contributed by atoms with Crippen LogP contribution in [-0.2, 0) is 0 Å². The number of benzene rings is 1. The first kappa shape index (κ1) is 12.4. The lowest BCUT2D eigenvalue weighted by Crippen LogP contribution is -2.24. The zero-order chi connectivity index (χ0) is 12.3. The average Bonchev–Trinajstić information content (AvgIpc) is 2.68. The number of ether oxygens (including phenoxy) is 1. The molecule has 94 valence electrons. The molecule has 1 aromatic carbocycles. The molecule has 2 heteroatoms. The summed E-state index contributed by atoms with van der Waals surface area (Å²) >= 11 is 0. The van der Waals surface area contributed by atoms with Crippen molar-refractivity contribution >= 4 is 0 Å². The molecule has 1 aromatic rings. The molecule has 0 spiro atoms. The molecule has 0 heterocycles. The van der Waals surface area contributed by atoms with Gasteiger partial charge < -0.3 is 10.5 Å². The Hall–Kier alpha value is -1.02. The van der Waals surface area contributed by atoms with Gasteiger partial charge in [-0.15, -0.1) is 0 Å². The highest BCUT2D eigenvalue weighted by atomic mass is 16.5. The molecule has 1 aliphatic carbocycles. The first-order chi connectivity index (χ1) is 8.24. The van der Waals surface area contributed by atoms with Crippen LogP contribution < -0.4 is 10.5 Å². The summed E-state index contributed by atoms with van der Waals surface area (Å²) in [6.07, 6.45) is 3.37. The van der Waals surface area contributed by atoms with Gasteiger partial charge in [0.25, 0.3) is 0 Å². The number of rotatable bonds is 4. The van der Waals surface area contributed by atoms with Crippen LogP contribution in [-0.4, -0.2) is 12.6 Å². The summed E-state index contributed by atoms with van der Waals surface area (Å²) in [7, 11) is 0. The number of nitrogens with two attached hydrogens (primary N) is 1. The average molecular weight is 233 g/mol. The molecule has 1 aliphatic rings. The topological polar surface area (TPSA) is 35.2 Å². The molecular weight excluding hydrogens is 210 g/mol. The third-order valence-corrected chi connectivity index (χ3v) is 3.90. The lowest BCUT2D eigenvalue weighted by Gasteiger charge is -2.21. The predicted molar refractivity (Wildman–Crippen MR) is 71.3 cm³/mol. The quantitative estimate of drug-likeness (QED) is 0.866. The van der Waals surface area contributed by atoms with E-state index in [1.54, 1.807) is 0 Å². The van der Waals surface area contributed by atoms with Gasteiger partial charge in [-0.25, -0.2) is 0 Å². The molecule has 1 fully saturated rings. The maximum atomic E-state index is 6.12. The monoisotopic (exact) mass is 233 g/mol. The van der Waals surface area contributed by atoms with Crippen molar-refractivity contribution in [3.8, 4) is 5.75 Å². The van der Waals surface area contributed by atoms with Gasteiger partial charge in [-0.3, -0.25) is 0 Å². The fraction of sp³-hybridized carbons (Fsp3) is 0.600. The molecule has 0 aromatic heterocycles. The molecule has 3 atom stereocenters.